The largest absolute Gasteiger partial charge is 0.464 e. The van der Waals surface area contributed by atoms with Crippen LogP contribution in [-0.4, -0.2) is 16.1 Å². The van der Waals surface area contributed by atoms with Crippen LogP contribution in [0.5, 0.6) is 0 Å². The third kappa shape index (κ3) is 4.78. The molecule has 3 aromatic rings. The third-order valence-electron chi connectivity index (χ3n) is 3.25. The molecule has 1 N–H and O–H groups in total. The van der Waals surface area contributed by atoms with Gasteiger partial charge in [0.2, 0.25) is 5.01 Å². The molecule has 1 aromatic carbocycles. The Hall–Kier alpha value is -1.96. The quantitative estimate of drug-likeness (QED) is 0.617. The first-order valence-corrected chi connectivity index (χ1v) is 9.29. The summed E-state index contributed by atoms with van der Waals surface area (Å²) in [5.41, 5.74) is 2.19. The molecule has 128 valence electrons. The van der Waals surface area contributed by atoms with Crippen LogP contribution in [0.2, 0.25) is 0 Å². The van der Waals surface area contributed by atoms with Crippen LogP contribution >= 0.6 is 38.9 Å². The van der Waals surface area contributed by atoms with Gasteiger partial charge >= 0.3 is 0 Å². The van der Waals surface area contributed by atoms with E-state index in [0.29, 0.717) is 22.3 Å². The molecule has 2 heterocycles. The Morgan fingerprint density at radius 2 is 2.04 bits per heavy atom. The van der Waals surface area contributed by atoms with E-state index < -0.39 is 0 Å². The fourth-order valence-electron chi connectivity index (χ4n) is 1.97. The Morgan fingerprint density at radius 1 is 1.32 bits per heavy atom. The molecule has 1 amide bonds. The minimum absolute atomic E-state index is 0.259. The fourth-order valence-corrected chi connectivity index (χ4v) is 3.21. The second-order valence-corrected chi connectivity index (χ2v) is 7.54. The summed E-state index contributed by atoms with van der Waals surface area (Å²) >= 11 is 10.6. The van der Waals surface area contributed by atoms with Gasteiger partial charge in [-0.15, -0.1) is 10.2 Å². The Morgan fingerprint density at radius 3 is 2.72 bits per heavy atom. The first-order chi connectivity index (χ1) is 12.0. The van der Waals surface area contributed by atoms with Crippen molar-refractivity contribution >= 4 is 55.9 Å². The number of halogens is 2. The zero-order valence-corrected chi connectivity index (χ0v) is 16.3. The molecule has 0 aliphatic heterocycles. The molecule has 5 nitrogen and oxygen atoms in total. The number of nitrogens with one attached hydrogen (secondary N) is 1. The summed E-state index contributed by atoms with van der Waals surface area (Å²) in [5.74, 6) is 0.298. The Kier molecular flexibility index (Phi) is 5.67. The molecule has 0 atom stereocenters. The van der Waals surface area contributed by atoms with Gasteiger partial charge in [-0.3, -0.25) is 4.79 Å². The number of hydrogen-bond donors (Lipinski definition) is 1. The monoisotopic (exact) mass is 437 g/mol. The molecule has 0 saturated carbocycles. The summed E-state index contributed by atoms with van der Waals surface area (Å²) in [6, 6.07) is 9.73. The number of benzene rings is 1. The van der Waals surface area contributed by atoms with Crippen molar-refractivity contribution in [3.8, 4) is 0 Å². The highest BCUT2D eigenvalue weighted by molar-refractivity contribution is 9.10. The lowest BCUT2D eigenvalue weighted by molar-refractivity contribution is 0.0950. The topological polar surface area (TPSA) is 68.0 Å². The summed E-state index contributed by atoms with van der Waals surface area (Å²) in [5, 5.41) is 11.8. The molecule has 0 fully saturated rings. The molecule has 3 rings (SSSR count). The van der Waals surface area contributed by atoms with Crippen molar-refractivity contribution in [3.63, 3.8) is 0 Å². The number of carbonyl (C=O) groups is 1. The molecule has 0 unspecified atom stereocenters. The van der Waals surface area contributed by atoms with Crippen LogP contribution in [0, 0.1) is 6.92 Å². The summed E-state index contributed by atoms with van der Waals surface area (Å²) in [6.45, 7) is 2.45. The minimum atomic E-state index is -0.283. The Balaban J connectivity index is 1.64. The molecule has 2 aromatic heterocycles. The van der Waals surface area contributed by atoms with Gasteiger partial charge in [-0.2, -0.15) is 0 Å². The van der Waals surface area contributed by atoms with Crippen molar-refractivity contribution in [2.45, 2.75) is 13.5 Å². The summed E-state index contributed by atoms with van der Waals surface area (Å²) in [4.78, 5) is 12.2. The van der Waals surface area contributed by atoms with Gasteiger partial charge in [0.1, 0.15) is 12.0 Å². The van der Waals surface area contributed by atoms with E-state index in [2.05, 4.69) is 31.4 Å². The van der Waals surface area contributed by atoms with Crippen molar-refractivity contribution in [1.82, 2.24) is 15.5 Å². The highest BCUT2D eigenvalue weighted by atomic mass is 79.9. The zero-order chi connectivity index (χ0) is 17.8. The Labute approximate surface area is 161 Å². The zero-order valence-electron chi connectivity index (χ0n) is 13.1. The normalized spacial score (nSPS) is 11.6. The van der Waals surface area contributed by atoms with E-state index in [9.17, 15) is 4.79 Å². The standard InChI is InChI=1S/C17H13BrClN3O2S/c1-10-2-4-11(5-3-10)8-20-15(23)17-22-21-16(25-17)14(19)7-13-6-12(18)9-24-13/h2-7,9H,8H2,1H3,(H,20,23)/b14-7-. The van der Waals surface area contributed by atoms with Gasteiger partial charge in [0.05, 0.1) is 9.51 Å². The number of hydrogen-bond acceptors (Lipinski definition) is 5. The highest BCUT2D eigenvalue weighted by Crippen LogP contribution is 2.26. The number of aryl methyl sites for hydroxylation is 1. The van der Waals surface area contributed by atoms with Crippen LogP contribution in [0.1, 0.15) is 31.7 Å². The van der Waals surface area contributed by atoms with Gasteiger partial charge in [0, 0.05) is 12.6 Å². The van der Waals surface area contributed by atoms with Crippen molar-refractivity contribution in [3.05, 3.63) is 68.0 Å². The molecule has 25 heavy (non-hydrogen) atoms. The van der Waals surface area contributed by atoms with E-state index in [4.69, 9.17) is 16.0 Å². The molecule has 0 saturated heterocycles. The van der Waals surface area contributed by atoms with Gasteiger partial charge in [0.15, 0.2) is 5.01 Å². The van der Waals surface area contributed by atoms with Crippen molar-refractivity contribution < 1.29 is 9.21 Å². The molecular formula is C17H13BrClN3O2S. The maximum atomic E-state index is 12.2. The molecule has 0 radical (unpaired) electrons. The first kappa shape index (κ1) is 17.8. The second-order valence-electron chi connectivity index (χ2n) is 5.24. The lowest BCUT2D eigenvalue weighted by atomic mass is 10.1. The van der Waals surface area contributed by atoms with E-state index in [-0.39, 0.29) is 10.9 Å². The smallest absolute Gasteiger partial charge is 0.282 e. The van der Waals surface area contributed by atoms with Crippen molar-refractivity contribution in [2.24, 2.45) is 0 Å². The summed E-state index contributed by atoms with van der Waals surface area (Å²) in [7, 11) is 0. The number of rotatable bonds is 5. The van der Waals surface area contributed by atoms with Gasteiger partial charge < -0.3 is 9.73 Å². The SMILES string of the molecule is Cc1ccc(CNC(=O)c2nnc(/C(Cl)=C/c3cc(Br)co3)s2)cc1. The Bertz CT molecular complexity index is 918. The minimum Gasteiger partial charge on any atom is -0.464 e. The van der Waals surface area contributed by atoms with E-state index >= 15 is 0 Å². The summed E-state index contributed by atoms with van der Waals surface area (Å²) in [6.07, 6.45) is 3.18. The van der Waals surface area contributed by atoms with Crippen molar-refractivity contribution in [2.75, 3.05) is 0 Å². The summed E-state index contributed by atoms with van der Waals surface area (Å²) < 4.78 is 6.09. The maximum absolute atomic E-state index is 12.2. The van der Waals surface area contributed by atoms with Crippen LogP contribution in [0.25, 0.3) is 11.1 Å². The molecule has 0 aliphatic carbocycles. The fraction of sp³-hybridized carbons (Fsp3) is 0.118. The highest BCUT2D eigenvalue weighted by Gasteiger charge is 2.14. The lowest BCUT2D eigenvalue weighted by Crippen LogP contribution is -2.22. The average Bonchev–Trinajstić information content (AvgIpc) is 3.23. The van der Waals surface area contributed by atoms with E-state index in [1.54, 1.807) is 18.4 Å². The van der Waals surface area contributed by atoms with Gasteiger partial charge in [-0.05, 0) is 34.5 Å². The number of furan rings is 1. The van der Waals surface area contributed by atoms with Crippen LogP contribution in [0.3, 0.4) is 0 Å². The lowest BCUT2D eigenvalue weighted by Gasteiger charge is -2.03. The van der Waals surface area contributed by atoms with Crippen LogP contribution in [-0.2, 0) is 6.54 Å². The molecule has 0 bridgehead atoms. The van der Waals surface area contributed by atoms with Gasteiger partial charge in [-0.1, -0.05) is 52.8 Å². The second kappa shape index (κ2) is 7.95. The molecule has 8 heteroatoms. The van der Waals surface area contributed by atoms with Gasteiger partial charge in [-0.25, -0.2) is 0 Å². The van der Waals surface area contributed by atoms with E-state index in [1.165, 1.54) is 5.56 Å². The average molecular weight is 439 g/mol. The van der Waals surface area contributed by atoms with Crippen LogP contribution < -0.4 is 5.32 Å². The molecular weight excluding hydrogens is 426 g/mol. The number of amides is 1. The predicted octanol–water partition coefficient (Wildman–Crippen LogP) is 4.87. The molecule has 0 spiro atoms. The van der Waals surface area contributed by atoms with Gasteiger partial charge in [0.25, 0.3) is 5.91 Å². The predicted molar refractivity (Wildman–Crippen MR) is 102 cm³/mol. The van der Waals surface area contributed by atoms with E-state index in [0.717, 1.165) is 21.4 Å². The van der Waals surface area contributed by atoms with Crippen LogP contribution in [0.15, 0.2) is 45.5 Å². The number of nitrogens with zero attached hydrogens (tertiary/aromatic N) is 2. The van der Waals surface area contributed by atoms with Crippen molar-refractivity contribution in [1.29, 1.82) is 0 Å². The maximum Gasteiger partial charge on any atom is 0.282 e. The number of carbonyl (C=O) groups excluding carboxylic acids is 1. The molecule has 0 aliphatic rings. The first-order valence-electron chi connectivity index (χ1n) is 7.30. The number of aromatic nitrogens is 2. The van der Waals surface area contributed by atoms with Crippen LogP contribution in [0.4, 0.5) is 0 Å². The third-order valence-corrected chi connectivity index (χ3v) is 5.03. The van der Waals surface area contributed by atoms with E-state index in [1.807, 2.05) is 31.2 Å².